The molecule has 1 rings (SSSR count). The Morgan fingerprint density at radius 1 is 1.47 bits per heavy atom. The number of carbonyl (C=O) groups excluding carboxylic acids is 1. The summed E-state index contributed by atoms with van der Waals surface area (Å²) in [6.07, 6.45) is 1.10. The lowest BCUT2D eigenvalue weighted by atomic mass is 10.1. The Bertz CT molecular complexity index is 432. The molecule has 0 aromatic carbocycles. The molecule has 0 radical (unpaired) electrons. The van der Waals surface area contributed by atoms with Gasteiger partial charge in [-0.3, -0.25) is 9.78 Å². The number of amides is 1. The average Bonchev–Trinajstić information content (AvgIpc) is 2.25. The van der Waals surface area contributed by atoms with Crippen LogP contribution in [-0.4, -0.2) is 44.3 Å². The Hall–Kier alpha value is -2.15. The van der Waals surface area contributed by atoms with Gasteiger partial charge in [-0.05, 0) is 13.0 Å². The number of nitrogens with zero attached hydrogens (tertiary/aromatic N) is 1. The fourth-order valence-corrected chi connectivity index (χ4v) is 1.19. The SMILES string of the molecule is CC(O)C(NC(=O)c1ccncc1O)C(=O)O. The van der Waals surface area contributed by atoms with Gasteiger partial charge in [-0.2, -0.15) is 0 Å². The summed E-state index contributed by atoms with van der Waals surface area (Å²) in [7, 11) is 0. The van der Waals surface area contributed by atoms with Crippen molar-refractivity contribution in [3.05, 3.63) is 24.0 Å². The highest BCUT2D eigenvalue weighted by Crippen LogP contribution is 2.13. The Balaban J connectivity index is 2.85. The number of carboxylic acid groups (broad SMARTS) is 1. The molecular weight excluding hydrogens is 228 g/mol. The highest BCUT2D eigenvalue weighted by Gasteiger charge is 2.26. The van der Waals surface area contributed by atoms with E-state index in [0.717, 1.165) is 6.20 Å². The Morgan fingerprint density at radius 2 is 2.12 bits per heavy atom. The van der Waals surface area contributed by atoms with E-state index in [1.807, 2.05) is 0 Å². The number of pyridine rings is 1. The van der Waals surface area contributed by atoms with Crippen molar-refractivity contribution in [2.24, 2.45) is 0 Å². The molecule has 17 heavy (non-hydrogen) atoms. The van der Waals surface area contributed by atoms with Crippen LogP contribution in [0.2, 0.25) is 0 Å². The van der Waals surface area contributed by atoms with Gasteiger partial charge in [0.15, 0.2) is 6.04 Å². The zero-order valence-corrected chi connectivity index (χ0v) is 8.99. The van der Waals surface area contributed by atoms with Gasteiger partial charge in [0.05, 0.1) is 17.9 Å². The molecule has 2 unspecified atom stereocenters. The third-order valence-electron chi connectivity index (χ3n) is 2.08. The van der Waals surface area contributed by atoms with Crippen LogP contribution in [0.4, 0.5) is 0 Å². The smallest absolute Gasteiger partial charge is 0.328 e. The van der Waals surface area contributed by atoms with Crippen LogP contribution >= 0.6 is 0 Å². The number of hydrogen-bond donors (Lipinski definition) is 4. The molecule has 0 aliphatic rings. The molecule has 1 amide bonds. The molecule has 0 fully saturated rings. The van der Waals surface area contributed by atoms with Crippen LogP contribution in [0.1, 0.15) is 17.3 Å². The van der Waals surface area contributed by atoms with E-state index >= 15 is 0 Å². The van der Waals surface area contributed by atoms with Crippen LogP contribution in [0, 0.1) is 0 Å². The molecule has 0 saturated heterocycles. The molecule has 7 nitrogen and oxygen atoms in total. The number of hydrogen-bond acceptors (Lipinski definition) is 5. The van der Waals surface area contributed by atoms with Crippen LogP contribution in [0.25, 0.3) is 0 Å². The first-order chi connectivity index (χ1) is 7.93. The number of aromatic hydroxyl groups is 1. The van der Waals surface area contributed by atoms with Crippen molar-refractivity contribution in [1.82, 2.24) is 10.3 Å². The first-order valence-electron chi connectivity index (χ1n) is 4.78. The van der Waals surface area contributed by atoms with Crippen LogP contribution in [0.15, 0.2) is 18.5 Å². The van der Waals surface area contributed by atoms with Gasteiger partial charge in [0.1, 0.15) is 5.75 Å². The highest BCUT2D eigenvalue weighted by molar-refractivity contribution is 5.98. The van der Waals surface area contributed by atoms with Gasteiger partial charge < -0.3 is 20.6 Å². The molecular formula is C10H12N2O5. The fourth-order valence-electron chi connectivity index (χ4n) is 1.19. The maximum Gasteiger partial charge on any atom is 0.328 e. The van der Waals surface area contributed by atoms with E-state index in [0.29, 0.717) is 0 Å². The predicted molar refractivity (Wildman–Crippen MR) is 56.5 cm³/mol. The lowest BCUT2D eigenvalue weighted by molar-refractivity contribution is -0.141. The molecule has 1 heterocycles. The third-order valence-corrected chi connectivity index (χ3v) is 2.08. The number of carboxylic acids is 1. The first kappa shape index (κ1) is 12.9. The molecule has 4 N–H and O–H groups in total. The highest BCUT2D eigenvalue weighted by atomic mass is 16.4. The normalized spacial score (nSPS) is 13.8. The molecule has 0 saturated carbocycles. The van der Waals surface area contributed by atoms with Gasteiger partial charge in [-0.15, -0.1) is 0 Å². The lowest BCUT2D eigenvalue weighted by Crippen LogP contribution is -2.47. The summed E-state index contributed by atoms with van der Waals surface area (Å²) in [5.74, 6) is -2.51. The van der Waals surface area contributed by atoms with Crippen molar-refractivity contribution >= 4 is 11.9 Å². The molecule has 0 spiro atoms. The number of carbonyl (C=O) groups is 2. The molecule has 1 aromatic rings. The summed E-state index contributed by atoms with van der Waals surface area (Å²) in [5.41, 5.74) is -0.105. The third kappa shape index (κ3) is 3.15. The minimum absolute atomic E-state index is 0.105. The molecule has 0 aliphatic heterocycles. The van der Waals surface area contributed by atoms with Crippen LogP contribution in [0.3, 0.4) is 0 Å². The van der Waals surface area contributed by atoms with E-state index in [2.05, 4.69) is 10.3 Å². The van der Waals surface area contributed by atoms with Crippen molar-refractivity contribution in [1.29, 1.82) is 0 Å². The minimum atomic E-state index is -1.44. The van der Waals surface area contributed by atoms with E-state index in [9.17, 15) is 19.8 Å². The number of aliphatic carboxylic acids is 1. The number of aromatic nitrogens is 1. The maximum atomic E-state index is 11.6. The minimum Gasteiger partial charge on any atom is -0.505 e. The van der Waals surface area contributed by atoms with Gasteiger partial charge in [0, 0.05) is 6.20 Å². The second-order valence-electron chi connectivity index (χ2n) is 3.42. The molecule has 1 aromatic heterocycles. The Labute approximate surface area is 96.7 Å². The van der Waals surface area contributed by atoms with Crippen molar-refractivity contribution < 1.29 is 24.9 Å². The van der Waals surface area contributed by atoms with Gasteiger partial charge in [0.25, 0.3) is 5.91 Å². The topological polar surface area (TPSA) is 120 Å². The maximum absolute atomic E-state index is 11.6. The quantitative estimate of drug-likeness (QED) is 0.555. The standard InChI is InChI=1S/C10H12N2O5/c1-5(13)8(10(16)17)12-9(15)6-2-3-11-4-7(6)14/h2-5,8,13-14H,1H3,(H,12,15)(H,16,17). The van der Waals surface area contributed by atoms with Crippen molar-refractivity contribution in [2.45, 2.75) is 19.1 Å². The molecule has 7 heteroatoms. The van der Waals surface area contributed by atoms with Crippen molar-refractivity contribution in [3.63, 3.8) is 0 Å². The summed E-state index contributed by atoms with van der Waals surface area (Å²) >= 11 is 0. The summed E-state index contributed by atoms with van der Waals surface area (Å²) in [6.45, 7) is 1.24. The largest absolute Gasteiger partial charge is 0.505 e. The fraction of sp³-hybridized carbons (Fsp3) is 0.300. The number of aliphatic hydroxyl groups excluding tert-OH is 1. The van der Waals surface area contributed by atoms with Gasteiger partial charge >= 0.3 is 5.97 Å². The lowest BCUT2D eigenvalue weighted by Gasteiger charge is -2.17. The Kier molecular flexibility index (Phi) is 4.00. The molecule has 2 atom stereocenters. The summed E-state index contributed by atoms with van der Waals surface area (Å²) in [4.78, 5) is 25.9. The summed E-state index contributed by atoms with van der Waals surface area (Å²) in [5, 5.41) is 29.4. The summed E-state index contributed by atoms with van der Waals surface area (Å²) < 4.78 is 0. The van der Waals surface area contributed by atoms with Gasteiger partial charge in [-0.1, -0.05) is 0 Å². The van der Waals surface area contributed by atoms with Gasteiger partial charge in [-0.25, -0.2) is 4.79 Å². The number of rotatable bonds is 4. The van der Waals surface area contributed by atoms with Crippen molar-refractivity contribution in [3.8, 4) is 5.75 Å². The van der Waals surface area contributed by atoms with Crippen LogP contribution in [-0.2, 0) is 4.79 Å². The molecule has 92 valence electrons. The second kappa shape index (κ2) is 5.26. The molecule has 0 aliphatic carbocycles. The summed E-state index contributed by atoms with van der Waals surface area (Å²) in [6, 6.07) is -0.193. The van der Waals surface area contributed by atoms with E-state index in [-0.39, 0.29) is 11.3 Å². The van der Waals surface area contributed by atoms with Crippen LogP contribution < -0.4 is 5.32 Å². The van der Waals surface area contributed by atoms with E-state index in [1.54, 1.807) is 0 Å². The van der Waals surface area contributed by atoms with Crippen LogP contribution in [0.5, 0.6) is 5.75 Å². The van der Waals surface area contributed by atoms with E-state index in [4.69, 9.17) is 5.11 Å². The van der Waals surface area contributed by atoms with Gasteiger partial charge in [0.2, 0.25) is 0 Å². The van der Waals surface area contributed by atoms with Crippen molar-refractivity contribution in [2.75, 3.05) is 0 Å². The molecule has 0 bridgehead atoms. The van der Waals surface area contributed by atoms with E-state index in [1.165, 1.54) is 19.2 Å². The second-order valence-corrected chi connectivity index (χ2v) is 3.42. The Morgan fingerprint density at radius 3 is 2.59 bits per heavy atom. The predicted octanol–water partition coefficient (Wildman–Crippen LogP) is -0.649. The number of aliphatic hydroxyl groups is 1. The van der Waals surface area contributed by atoms with E-state index < -0.39 is 24.0 Å². The monoisotopic (exact) mass is 240 g/mol. The number of nitrogens with one attached hydrogen (secondary N) is 1. The first-order valence-corrected chi connectivity index (χ1v) is 4.78. The zero-order valence-electron chi connectivity index (χ0n) is 8.99. The zero-order chi connectivity index (χ0) is 13.0. The average molecular weight is 240 g/mol.